The van der Waals surface area contributed by atoms with Gasteiger partial charge in [-0.15, -0.1) is 0 Å². The van der Waals surface area contributed by atoms with Crippen molar-refractivity contribution in [1.29, 1.82) is 0 Å². The number of aromatic amines is 1. The van der Waals surface area contributed by atoms with Crippen LogP contribution >= 0.6 is 0 Å². The molecule has 3 N–H and O–H groups in total. The van der Waals surface area contributed by atoms with Gasteiger partial charge in [0.2, 0.25) is 0 Å². The van der Waals surface area contributed by atoms with Gasteiger partial charge >= 0.3 is 0 Å². The van der Waals surface area contributed by atoms with Crippen molar-refractivity contribution in [3.05, 3.63) is 36.0 Å². The Bertz CT molecular complexity index is 520. The molecule has 1 aliphatic carbocycles. The molecule has 0 bridgehead atoms. The van der Waals surface area contributed by atoms with Gasteiger partial charge < -0.3 is 15.4 Å². The van der Waals surface area contributed by atoms with E-state index in [1.54, 1.807) is 0 Å². The van der Waals surface area contributed by atoms with Crippen molar-refractivity contribution in [3.8, 4) is 0 Å². The van der Waals surface area contributed by atoms with E-state index in [0.29, 0.717) is 5.92 Å². The zero-order valence-corrected chi connectivity index (χ0v) is 10.5. The Hall–Kier alpha value is -1.32. The fourth-order valence-corrected chi connectivity index (χ4v) is 2.94. The van der Waals surface area contributed by atoms with Crippen molar-refractivity contribution < 1.29 is 5.11 Å². The van der Waals surface area contributed by atoms with Crippen molar-refractivity contribution in [1.82, 2.24) is 10.3 Å². The number of aliphatic hydroxyl groups excluding tert-OH is 1. The predicted octanol–water partition coefficient (Wildman–Crippen LogP) is 2.42. The molecule has 3 nitrogen and oxygen atoms in total. The molecule has 3 heteroatoms. The van der Waals surface area contributed by atoms with Crippen LogP contribution in [0.25, 0.3) is 10.9 Å². The summed E-state index contributed by atoms with van der Waals surface area (Å²) >= 11 is 0. The van der Waals surface area contributed by atoms with Gasteiger partial charge in [0.25, 0.3) is 0 Å². The molecule has 1 saturated carbocycles. The van der Waals surface area contributed by atoms with Crippen molar-refractivity contribution >= 4 is 10.9 Å². The Morgan fingerprint density at radius 2 is 2.22 bits per heavy atom. The summed E-state index contributed by atoms with van der Waals surface area (Å²) in [4.78, 5) is 3.29. The number of aliphatic hydroxyl groups is 1. The fourth-order valence-electron chi connectivity index (χ4n) is 2.94. The molecule has 0 aliphatic heterocycles. The monoisotopic (exact) mass is 244 g/mol. The summed E-state index contributed by atoms with van der Waals surface area (Å²) < 4.78 is 0. The molecule has 2 atom stereocenters. The second-order valence-electron chi connectivity index (χ2n) is 5.25. The molecule has 1 aliphatic rings. The van der Waals surface area contributed by atoms with Crippen molar-refractivity contribution in [3.63, 3.8) is 0 Å². The molecule has 1 aromatic heterocycles. The first-order valence-corrected chi connectivity index (χ1v) is 6.78. The van der Waals surface area contributed by atoms with E-state index in [1.807, 2.05) is 6.20 Å². The molecule has 2 aromatic rings. The largest absolute Gasteiger partial charge is 0.393 e. The van der Waals surface area contributed by atoms with Crippen LogP contribution < -0.4 is 5.32 Å². The number of para-hydroxylation sites is 1. The second kappa shape index (κ2) is 5.12. The topological polar surface area (TPSA) is 48.0 Å². The first-order valence-electron chi connectivity index (χ1n) is 6.78. The van der Waals surface area contributed by atoms with E-state index in [0.717, 1.165) is 25.9 Å². The van der Waals surface area contributed by atoms with E-state index in [1.165, 1.54) is 22.9 Å². The molecule has 0 spiro atoms. The molecular formula is C15H20N2O. The summed E-state index contributed by atoms with van der Waals surface area (Å²) in [7, 11) is 0. The molecule has 18 heavy (non-hydrogen) atoms. The minimum absolute atomic E-state index is 0.0984. The summed E-state index contributed by atoms with van der Waals surface area (Å²) in [6.07, 6.45) is 5.17. The van der Waals surface area contributed by atoms with Gasteiger partial charge in [-0.3, -0.25) is 0 Å². The van der Waals surface area contributed by atoms with Gasteiger partial charge in [0.1, 0.15) is 0 Å². The van der Waals surface area contributed by atoms with E-state index in [4.69, 9.17) is 0 Å². The first-order chi connectivity index (χ1) is 8.84. The van der Waals surface area contributed by atoms with Gasteiger partial charge in [0, 0.05) is 24.8 Å². The van der Waals surface area contributed by atoms with Crippen LogP contribution in [0.15, 0.2) is 30.5 Å². The quantitative estimate of drug-likeness (QED) is 0.773. The fraction of sp³-hybridized carbons (Fsp3) is 0.467. The van der Waals surface area contributed by atoms with Gasteiger partial charge in [-0.25, -0.2) is 0 Å². The maximum atomic E-state index is 9.78. The first kappa shape index (κ1) is 11.8. The Labute approximate surface area is 107 Å². The van der Waals surface area contributed by atoms with Crippen molar-refractivity contribution in [2.24, 2.45) is 5.92 Å². The lowest BCUT2D eigenvalue weighted by Gasteiger charge is -2.15. The molecule has 3 rings (SSSR count). The highest BCUT2D eigenvalue weighted by Crippen LogP contribution is 2.25. The second-order valence-corrected chi connectivity index (χ2v) is 5.25. The van der Waals surface area contributed by atoms with Crippen molar-refractivity contribution in [2.45, 2.75) is 31.9 Å². The number of benzene rings is 1. The average Bonchev–Trinajstić information content (AvgIpc) is 2.99. The molecule has 1 aromatic carbocycles. The highest BCUT2D eigenvalue weighted by Gasteiger charge is 2.24. The number of nitrogens with one attached hydrogen (secondary N) is 2. The highest BCUT2D eigenvalue weighted by molar-refractivity contribution is 5.82. The van der Waals surface area contributed by atoms with Crippen LogP contribution in [0.3, 0.4) is 0 Å². The van der Waals surface area contributed by atoms with Crippen LogP contribution in [-0.4, -0.2) is 22.7 Å². The maximum absolute atomic E-state index is 9.78. The lowest BCUT2D eigenvalue weighted by Crippen LogP contribution is -2.27. The molecular weight excluding hydrogens is 224 g/mol. The summed E-state index contributed by atoms with van der Waals surface area (Å²) in [5.41, 5.74) is 2.52. The van der Waals surface area contributed by atoms with Crippen LogP contribution in [0.2, 0.25) is 0 Å². The number of fused-ring (bicyclic) bond motifs is 1. The molecule has 0 saturated heterocycles. The van der Waals surface area contributed by atoms with Crippen LogP contribution in [0.1, 0.15) is 24.8 Å². The minimum atomic E-state index is -0.0984. The van der Waals surface area contributed by atoms with E-state index in [-0.39, 0.29) is 6.10 Å². The lowest BCUT2D eigenvalue weighted by atomic mass is 10.1. The SMILES string of the molecule is OC1CCCC1CNCc1cccc2cc[nH]c12. The van der Waals surface area contributed by atoms with E-state index >= 15 is 0 Å². The molecule has 96 valence electrons. The highest BCUT2D eigenvalue weighted by atomic mass is 16.3. The van der Waals surface area contributed by atoms with Gasteiger partial charge in [-0.2, -0.15) is 0 Å². The Morgan fingerprint density at radius 1 is 1.28 bits per heavy atom. The minimum Gasteiger partial charge on any atom is -0.393 e. The molecule has 0 amide bonds. The van der Waals surface area contributed by atoms with Gasteiger partial charge in [-0.1, -0.05) is 24.6 Å². The third-order valence-electron chi connectivity index (χ3n) is 4.01. The number of hydrogen-bond donors (Lipinski definition) is 3. The predicted molar refractivity (Wildman–Crippen MR) is 73.4 cm³/mol. The van der Waals surface area contributed by atoms with Crippen molar-refractivity contribution in [2.75, 3.05) is 6.54 Å². The van der Waals surface area contributed by atoms with E-state index < -0.39 is 0 Å². The Morgan fingerprint density at radius 3 is 3.06 bits per heavy atom. The number of rotatable bonds is 4. The van der Waals surface area contributed by atoms with E-state index in [9.17, 15) is 5.11 Å². The average molecular weight is 244 g/mol. The zero-order chi connectivity index (χ0) is 12.4. The maximum Gasteiger partial charge on any atom is 0.0580 e. The molecule has 2 unspecified atom stereocenters. The smallest absolute Gasteiger partial charge is 0.0580 e. The van der Waals surface area contributed by atoms with Gasteiger partial charge in [0.05, 0.1) is 6.10 Å². The Balaban J connectivity index is 1.61. The Kier molecular flexibility index (Phi) is 3.35. The third-order valence-corrected chi connectivity index (χ3v) is 4.01. The molecule has 0 radical (unpaired) electrons. The zero-order valence-electron chi connectivity index (χ0n) is 10.5. The summed E-state index contributed by atoms with van der Waals surface area (Å²) in [5.74, 6) is 0.438. The number of aromatic nitrogens is 1. The number of H-pyrrole nitrogens is 1. The summed E-state index contributed by atoms with van der Waals surface area (Å²) in [5, 5.41) is 14.5. The van der Waals surface area contributed by atoms with Crippen LogP contribution in [0, 0.1) is 5.92 Å². The number of hydrogen-bond acceptors (Lipinski definition) is 2. The van der Waals surface area contributed by atoms with Gasteiger partial charge in [0.15, 0.2) is 0 Å². The van der Waals surface area contributed by atoms with Crippen LogP contribution in [0.4, 0.5) is 0 Å². The van der Waals surface area contributed by atoms with Gasteiger partial charge in [-0.05, 0) is 35.8 Å². The third kappa shape index (κ3) is 2.28. The molecule has 1 heterocycles. The van der Waals surface area contributed by atoms with E-state index in [2.05, 4.69) is 34.6 Å². The normalized spacial score (nSPS) is 23.8. The van der Waals surface area contributed by atoms with Crippen LogP contribution in [-0.2, 0) is 6.54 Å². The van der Waals surface area contributed by atoms with Crippen LogP contribution in [0.5, 0.6) is 0 Å². The lowest BCUT2D eigenvalue weighted by molar-refractivity contribution is 0.131. The summed E-state index contributed by atoms with van der Waals surface area (Å²) in [6.45, 7) is 1.78. The standard InChI is InChI=1S/C15H20N2O/c18-14-6-2-4-12(14)9-16-10-13-5-1-3-11-7-8-17-15(11)13/h1,3,5,7-8,12,14,16-18H,2,4,6,9-10H2. The summed E-state index contributed by atoms with van der Waals surface area (Å²) in [6, 6.07) is 8.46. The molecule has 1 fully saturated rings.